The number of rotatable bonds is 3. The standard InChI is InChI=1S/C12H12BrN3O3/c1-18-7-3-4-8(13)9(5-7)16-6-15-10(11(16)14)12(17)19-2/h3-6H,14H2,1-2H3. The number of hydrogen-bond donors (Lipinski definition) is 1. The molecule has 0 spiro atoms. The molecule has 0 radical (unpaired) electrons. The number of carbonyl (C=O) groups is 1. The zero-order chi connectivity index (χ0) is 14.0. The van der Waals surface area contributed by atoms with Crippen LogP contribution in [0.5, 0.6) is 5.75 Å². The lowest BCUT2D eigenvalue weighted by Crippen LogP contribution is -2.07. The van der Waals surface area contributed by atoms with E-state index in [1.54, 1.807) is 17.7 Å². The highest BCUT2D eigenvalue weighted by Gasteiger charge is 2.18. The first-order valence-corrected chi connectivity index (χ1v) is 6.12. The summed E-state index contributed by atoms with van der Waals surface area (Å²) in [6.07, 6.45) is 1.46. The summed E-state index contributed by atoms with van der Waals surface area (Å²) in [4.78, 5) is 15.4. The summed E-state index contributed by atoms with van der Waals surface area (Å²) in [5.41, 5.74) is 6.71. The molecular formula is C12H12BrN3O3. The second-order valence-electron chi connectivity index (χ2n) is 3.66. The second-order valence-corrected chi connectivity index (χ2v) is 4.51. The van der Waals surface area contributed by atoms with E-state index in [9.17, 15) is 4.79 Å². The molecule has 1 aromatic heterocycles. The monoisotopic (exact) mass is 325 g/mol. The molecule has 100 valence electrons. The largest absolute Gasteiger partial charge is 0.497 e. The molecule has 6 nitrogen and oxygen atoms in total. The fourth-order valence-electron chi connectivity index (χ4n) is 1.61. The molecule has 1 heterocycles. The first-order chi connectivity index (χ1) is 9.08. The molecule has 2 rings (SSSR count). The molecule has 0 aliphatic rings. The van der Waals surface area contributed by atoms with Gasteiger partial charge in [-0.3, -0.25) is 4.57 Å². The Hall–Kier alpha value is -2.02. The van der Waals surface area contributed by atoms with Crippen molar-refractivity contribution in [3.63, 3.8) is 0 Å². The molecule has 0 aliphatic carbocycles. The summed E-state index contributed by atoms with van der Waals surface area (Å²) in [6.45, 7) is 0. The lowest BCUT2D eigenvalue weighted by Gasteiger charge is -2.09. The van der Waals surface area contributed by atoms with E-state index in [1.165, 1.54) is 13.4 Å². The van der Waals surface area contributed by atoms with Gasteiger partial charge in [-0.2, -0.15) is 0 Å². The van der Waals surface area contributed by atoms with E-state index < -0.39 is 5.97 Å². The van der Waals surface area contributed by atoms with Crippen LogP contribution in [0.2, 0.25) is 0 Å². The van der Waals surface area contributed by atoms with E-state index in [4.69, 9.17) is 10.5 Å². The molecule has 0 atom stereocenters. The number of hydrogen-bond acceptors (Lipinski definition) is 5. The fraction of sp³-hybridized carbons (Fsp3) is 0.167. The molecule has 0 unspecified atom stereocenters. The van der Waals surface area contributed by atoms with E-state index >= 15 is 0 Å². The Morgan fingerprint density at radius 2 is 2.16 bits per heavy atom. The number of benzene rings is 1. The van der Waals surface area contributed by atoms with Crippen molar-refractivity contribution in [2.75, 3.05) is 20.0 Å². The van der Waals surface area contributed by atoms with Crippen LogP contribution in [-0.2, 0) is 4.74 Å². The quantitative estimate of drug-likeness (QED) is 0.873. The molecule has 7 heteroatoms. The van der Waals surface area contributed by atoms with E-state index in [1.807, 2.05) is 12.1 Å². The van der Waals surface area contributed by atoms with Crippen molar-refractivity contribution in [3.05, 3.63) is 34.7 Å². The minimum Gasteiger partial charge on any atom is -0.497 e. The number of methoxy groups -OCH3 is 2. The number of carbonyl (C=O) groups excluding carboxylic acids is 1. The summed E-state index contributed by atoms with van der Waals surface area (Å²) < 4.78 is 12.2. The number of esters is 1. The second kappa shape index (κ2) is 5.31. The minimum atomic E-state index is -0.574. The van der Waals surface area contributed by atoms with Gasteiger partial charge in [0, 0.05) is 10.5 Å². The topological polar surface area (TPSA) is 79.4 Å². The first kappa shape index (κ1) is 13.4. The first-order valence-electron chi connectivity index (χ1n) is 5.33. The average Bonchev–Trinajstić information content (AvgIpc) is 2.80. The molecular weight excluding hydrogens is 314 g/mol. The van der Waals surface area contributed by atoms with Crippen LogP contribution in [0.25, 0.3) is 5.69 Å². The van der Waals surface area contributed by atoms with Crippen molar-refractivity contribution in [1.29, 1.82) is 0 Å². The third-order valence-corrected chi connectivity index (χ3v) is 3.27. The minimum absolute atomic E-state index is 0.0808. The van der Waals surface area contributed by atoms with Gasteiger partial charge in [-0.15, -0.1) is 0 Å². The van der Waals surface area contributed by atoms with Gasteiger partial charge in [0.15, 0.2) is 5.69 Å². The van der Waals surface area contributed by atoms with Crippen LogP contribution in [0, 0.1) is 0 Å². The lowest BCUT2D eigenvalue weighted by atomic mass is 10.3. The van der Waals surface area contributed by atoms with Crippen molar-refractivity contribution in [1.82, 2.24) is 9.55 Å². The zero-order valence-electron chi connectivity index (χ0n) is 10.4. The van der Waals surface area contributed by atoms with E-state index in [2.05, 4.69) is 25.7 Å². The zero-order valence-corrected chi connectivity index (χ0v) is 12.0. The van der Waals surface area contributed by atoms with Gasteiger partial charge < -0.3 is 15.2 Å². The number of halogens is 1. The summed E-state index contributed by atoms with van der Waals surface area (Å²) >= 11 is 3.42. The third-order valence-electron chi connectivity index (χ3n) is 2.60. The number of nitrogen functional groups attached to an aromatic ring is 1. The SMILES string of the molecule is COC(=O)c1ncn(-c2cc(OC)ccc2Br)c1N. The Morgan fingerprint density at radius 3 is 2.79 bits per heavy atom. The molecule has 2 N–H and O–H groups in total. The van der Waals surface area contributed by atoms with Crippen LogP contribution >= 0.6 is 15.9 Å². The summed E-state index contributed by atoms with van der Waals surface area (Å²) in [7, 11) is 2.85. The van der Waals surface area contributed by atoms with E-state index in [0.717, 1.165) is 10.2 Å². The number of imidazole rings is 1. The highest BCUT2D eigenvalue weighted by Crippen LogP contribution is 2.28. The number of nitrogens with zero attached hydrogens (tertiary/aromatic N) is 2. The Morgan fingerprint density at radius 1 is 1.42 bits per heavy atom. The predicted molar refractivity (Wildman–Crippen MR) is 73.6 cm³/mol. The van der Waals surface area contributed by atoms with Crippen LogP contribution in [0.15, 0.2) is 29.0 Å². The molecule has 1 aromatic carbocycles. The normalized spacial score (nSPS) is 10.3. The van der Waals surface area contributed by atoms with Gasteiger partial charge in [0.05, 0.1) is 19.9 Å². The van der Waals surface area contributed by atoms with Gasteiger partial charge in [0.25, 0.3) is 0 Å². The van der Waals surface area contributed by atoms with Crippen LogP contribution in [0.3, 0.4) is 0 Å². The van der Waals surface area contributed by atoms with E-state index in [0.29, 0.717) is 5.75 Å². The Balaban J connectivity index is 2.53. The molecule has 0 amide bonds. The van der Waals surface area contributed by atoms with Gasteiger partial charge in [-0.25, -0.2) is 9.78 Å². The highest BCUT2D eigenvalue weighted by atomic mass is 79.9. The molecule has 0 bridgehead atoms. The van der Waals surface area contributed by atoms with Gasteiger partial charge in [0.1, 0.15) is 17.9 Å². The van der Waals surface area contributed by atoms with Gasteiger partial charge in [0.2, 0.25) is 0 Å². The van der Waals surface area contributed by atoms with Gasteiger partial charge in [-0.1, -0.05) is 0 Å². The number of nitrogens with two attached hydrogens (primary N) is 1. The molecule has 0 saturated heterocycles. The van der Waals surface area contributed by atoms with Crippen molar-refractivity contribution < 1.29 is 14.3 Å². The predicted octanol–water partition coefficient (Wildman–Crippen LogP) is 2.01. The summed E-state index contributed by atoms with van der Waals surface area (Å²) in [5.74, 6) is 0.307. The van der Waals surface area contributed by atoms with Crippen LogP contribution in [-0.4, -0.2) is 29.7 Å². The number of anilines is 1. The van der Waals surface area contributed by atoms with Crippen LogP contribution in [0.1, 0.15) is 10.5 Å². The van der Waals surface area contributed by atoms with Crippen molar-refractivity contribution in [2.24, 2.45) is 0 Å². The Bertz CT molecular complexity index is 625. The van der Waals surface area contributed by atoms with Crippen LogP contribution < -0.4 is 10.5 Å². The summed E-state index contributed by atoms with van der Waals surface area (Å²) in [6, 6.07) is 5.41. The maximum absolute atomic E-state index is 11.5. The smallest absolute Gasteiger partial charge is 0.360 e. The number of ether oxygens (including phenoxy) is 2. The Labute approximate surface area is 118 Å². The highest BCUT2D eigenvalue weighted by molar-refractivity contribution is 9.10. The van der Waals surface area contributed by atoms with E-state index in [-0.39, 0.29) is 11.5 Å². The molecule has 0 aliphatic heterocycles. The molecule has 2 aromatic rings. The molecule has 19 heavy (non-hydrogen) atoms. The van der Waals surface area contributed by atoms with Crippen molar-refractivity contribution in [2.45, 2.75) is 0 Å². The molecule has 0 saturated carbocycles. The van der Waals surface area contributed by atoms with Gasteiger partial charge >= 0.3 is 5.97 Å². The Kier molecular flexibility index (Phi) is 3.75. The molecule has 0 fully saturated rings. The fourth-order valence-corrected chi connectivity index (χ4v) is 2.05. The third kappa shape index (κ3) is 2.41. The van der Waals surface area contributed by atoms with Crippen molar-refractivity contribution >= 4 is 27.7 Å². The van der Waals surface area contributed by atoms with Crippen molar-refractivity contribution in [3.8, 4) is 11.4 Å². The van der Waals surface area contributed by atoms with Gasteiger partial charge in [-0.05, 0) is 28.1 Å². The summed E-state index contributed by atoms with van der Waals surface area (Å²) in [5, 5.41) is 0. The number of aromatic nitrogens is 2. The lowest BCUT2D eigenvalue weighted by molar-refractivity contribution is 0.0596. The maximum Gasteiger partial charge on any atom is 0.360 e. The average molecular weight is 326 g/mol. The maximum atomic E-state index is 11.5. The van der Waals surface area contributed by atoms with Crippen LogP contribution in [0.4, 0.5) is 5.82 Å².